The predicted octanol–water partition coefficient (Wildman–Crippen LogP) is 0.781. The summed E-state index contributed by atoms with van der Waals surface area (Å²) >= 11 is 0. The first-order valence-corrected chi connectivity index (χ1v) is 7.01. The molecule has 2 aromatic rings. The second kappa shape index (κ2) is 6.87. The molecule has 0 fully saturated rings. The number of amides is 1. The van der Waals surface area contributed by atoms with Crippen molar-refractivity contribution < 1.29 is 14.3 Å². The van der Waals surface area contributed by atoms with Crippen molar-refractivity contribution in [2.24, 2.45) is 7.05 Å². The van der Waals surface area contributed by atoms with Crippen LogP contribution in [0.1, 0.15) is 17.4 Å². The molecule has 0 saturated heterocycles. The number of nitrogens with zero attached hydrogens (tertiary/aromatic N) is 2. The molecule has 0 bridgehead atoms. The molecule has 1 atom stereocenters. The number of hydrogen-bond donors (Lipinski definition) is 1. The highest BCUT2D eigenvalue weighted by atomic mass is 16.5. The number of rotatable bonds is 5. The van der Waals surface area contributed by atoms with Gasteiger partial charge in [0, 0.05) is 19.0 Å². The van der Waals surface area contributed by atoms with Crippen molar-refractivity contribution in [3.8, 4) is 0 Å². The van der Waals surface area contributed by atoms with Crippen molar-refractivity contribution in [1.82, 2.24) is 15.1 Å². The van der Waals surface area contributed by atoms with E-state index >= 15 is 0 Å². The van der Waals surface area contributed by atoms with Gasteiger partial charge in [0.05, 0.1) is 5.39 Å². The molecular formula is C16H17N3O4. The number of carbonyl (C=O) groups is 2. The summed E-state index contributed by atoms with van der Waals surface area (Å²) in [6.07, 6.45) is 0.536. The fourth-order valence-electron chi connectivity index (χ4n) is 2.04. The Bertz CT molecular complexity index is 826. The molecule has 0 saturated carbocycles. The SMILES string of the molecule is C=CCNC(=O)C(C)OC(=O)c1nn(C)c(=O)c2ccccc12. The maximum Gasteiger partial charge on any atom is 0.360 e. The van der Waals surface area contributed by atoms with Gasteiger partial charge in [-0.15, -0.1) is 6.58 Å². The van der Waals surface area contributed by atoms with Crippen LogP contribution in [0.25, 0.3) is 10.8 Å². The van der Waals surface area contributed by atoms with E-state index in [0.29, 0.717) is 10.8 Å². The molecule has 23 heavy (non-hydrogen) atoms. The Balaban J connectivity index is 2.31. The fourth-order valence-corrected chi connectivity index (χ4v) is 2.04. The summed E-state index contributed by atoms with van der Waals surface area (Å²) in [6, 6.07) is 6.61. The number of aromatic nitrogens is 2. The minimum absolute atomic E-state index is 0.00827. The van der Waals surface area contributed by atoms with Gasteiger partial charge in [-0.2, -0.15) is 5.10 Å². The topological polar surface area (TPSA) is 90.3 Å². The zero-order valence-electron chi connectivity index (χ0n) is 12.9. The van der Waals surface area contributed by atoms with Crippen molar-refractivity contribution in [2.45, 2.75) is 13.0 Å². The number of esters is 1. The maximum absolute atomic E-state index is 12.3. The molecule has 2 rings (SSSR count). The van der Waals surface area contributed by atoms with Crippen LogP contribution in [0.15, 0.2) is 41.7 Å². The number of ether oxygens (including phenoxy) is 1. The molecule has 1 aromatic carbocycles. The lowest BCUT2D eigenvalue weighted by Gasteiger charge is -2.13. The summed E-state index contributed by atoms with van der Waals surface area (Å²) < 4.78 is 6.21. The van der Waals surface area contributed by atoms with Crippen molar-refractivity contribution in [3.05, 3.63) is 53.0 Å². The van der Waals surface area contributed by atoms with E-state index in [9.17, 15) is 14.4 Å². The first kappa shape index (κ1) is 16.4. The molecule has 1 heterocycles. The molecule has 1 aromatic heterocycles. The monoisotopic (exact) mass is 315 g/mol. The maximum atomic E-state index is 12.3. The molecule has 7 nitrogen and oxygen atoms in total. The molecule has 0 aliphatic rings. The minimum Gasteiger partial charge on any atom is -0.448 e. The number of nitrogens with one attached hydrogen (secondary N) is 1. The molecule has 0 aliphatic carbocycles. The largest absolute Gasteiger partial charge is 0.448 e. The van der Waals surface area contributed by atoms with Crippen LogP contribution in [0.3, 0.4) is 0 Å². The van der Waals surface area contributed by atoms with Gasteiger partial charge in [-0.3, -0.25) is 9.59 Å². The van der Waals surface area contributed by atoms with E-state index in [4.69, 9.17) is 4.74 Å². The van der Waals surface area contributed by atoms with Crippen molar-refractivity contribution >= 4 is 22.6 Å². The molecule has 1 N–H and O–H groups in total. The molecule has 120 valence electrons. The zero-order valence-corrected chi connectivity index (χ0v) is 12.9. The van der Waals surface area contributed by atoms with E-state index in [2.05, 4.69) is 17.0 Å². The molecule has 0 aliphatic heterocycles. The standard InChI is InChI=1S/C16H17N3O4/c1-4-9-17-14(20)10(2)23-16(22)13-11-7-5-6-8-12(11)15(21)19(3)18-13/h4-8,10H,1,9H2,2-3H3,(H,17,20). The summed E-state index contributed by atoms with van der Waals surface area (Å²) in [5.74, 6) is -1.20. The first-order valence-electron chi connectivity index (χ1n) is 7.01. The summed E-state index contributed by atoms with van der Waals surface area (Å²) in [7, 11) is 1.45. The van der Waals surface area contributed by atoms with Gasteiger partial charge >= 0.3 is 5.97 Å². The van der Waals surface area contributed by atoms with Crippen LogP contribution in [-0.2, 0) is 16.6 Å². The highest BCUT2D eigenvalue weighted by Gasteiger charge is 2.22. The average molecular weight is 315 g/mol. The average Bonchev–Trinajstić information content (AvgIpc) is 2.55. The van der Waals surface area contributed by atoms with E-state index < -0.39 is 18.0 Å². The van der Waals surface area contributed by atoms with Gasteiger partial charge in [-0.05, 0) is 13.0 Å². The Morgan fingerprint density at radius 1 is 1.39 bits per heavy atom. The van der Waals surface area contributed by atoms with Crippen molar-refractivity contribution in [2.75, 3.05) is 6.54 Å². The Morgan fingerprint density at radius 2 is 2.04 bits per heavy atom. The number of fused-ring (bicyclic) bond motifs is 1. The van der Waals surface area contributed by atoms with Gasteiger partial charge < -0.3 is 10.1 Å². The van der Waals surface area contributed by atoms with E-state index in [1.807, 2.05) is 0 Å². The van der Waals surface area contributed by atoms with Crippen LogP contribution in [-0.4, -0.2) is 34.3 Å². The van der Waals surface area contributed by atoms with Crippen LogP contribution in [0.4, 0.5) is 0 Å². The smallest absolute Gasteiger partial charge is 0.360 e. The minimum atomic E-state index is -0.986. The third-order valence-electron chi connectivity index (χ3n) is 3.22. The van der Waals surface area contributed by atoms with Gasteiger partial charge in [-0.25, -0.2) is 9.48 Å². The Hall–Kier alpha value is -2.96. The molecule has 1 amide bonds. The van der Waals surface area contributed by atoms with Crippen LogP contribution < -0.4 is 10.9 Å². The lowest BCUT2D eigenvalue weighted by Crippen LogP contribution is -2.36. The van der Waals surface area contributed by atoms with Gasteiger partial charge in [-0.1, -0.05) is 24.3 Å². The van der Waals surface area contributed by atoms with E-state index in [1.165, 1.54) is 20.0 Å². The van der Waals surface area contributed by atoms with E-state index in [0.717, 1.165) is 4.68 Å². The predicted molar refractivity (Wildman–Crippen MR) is 85.1 cm³/mol. The Labute approximate surface area is 132 Å². The molecular weight excluding hydrogens is 298 g/mol. The number of hydrogen-bond acceptors (Lipinski definition) is 5. The highest BCUT2D eigenvalue weighted by molar-refractivity contribution is 6.02. The number of benzene rings is 1. The fraction of sp³-hybridized carbons (Fsp3) is 0.250. The van der Waals surface area contributed by atoms with Gasteiger partial charge in [0.1, 0.15) is 0 Å². The normalized spacial score (nSPS) is 11.7. The summed E-state index contributed by atoms with van der Waals surface area (Å²) in [6.45, 7) is 5.23. The summed E-state index contributed by atoms with van der Waals surface area (Å²) in [5, 5.41) is 7.24. The lowest BCUT2D eigenvalue weighted by molar-refractivity contribution is -0.128. The number of carbonyl (C=O) groups excluding carboxylic acids is 2. The van der Waals surface area contributed by atoms with Crippen molar-refractivity contribution in [1.29, 1.82) is 0 Å². The van der Waals surface area contributed by atoms with Crippen LogP contribution in [0.2, 0.25) is 0 Å². The van der Waals surface area contributed by atoms with Gasteiger partial charge in [0.25, 0.3) is 11.5 Å². The Kier molecular flexibility index (Phi) is 4.90. The third kappa shape index (κ3) is 3.45. The number of aryl methyl sites for hydroxylation is 1. The Morgan fingerprint density at radius 3 is 2.70 bits per heavy atom. The van der Waals surface area contributed by atoms with Crippen LogP contribution >= 0.6 is 0 Å². The molecule has 7 heteroatoms. The van der Waals surface area contributed by atoms with Gasteiger partial charge in [0.2, 0.25) is 0 Å². The second-order valence-corrected chi connectivity index (χ2v) is 4.90. The highest BCUT2D eigenvalue weighted by Crippen LogP contribution is 2.14. The lowest BCUT2D eigenvalue weighted by atomic mass is 10.1. The first-order chi connectivity index (χ1) is 11.0. The quantitative estimate of drug-likeness (QED) is 0.650. The molecule has 1 unspecified atom stereocenters. The van der Waals surface area contributed by atoms with Crippen molar-refractivity contribution in [3.63, 3.8) is 0 Å². The van der Waals surface area contributed by atoms with E-state index in [1.54, 1.807) is 24.3 Å². The summed E-state index contributed by atoms with van der Waals surface area (Å²) in [5.41, 5.74) is -0.319. The zero-order chi connectivity index (χ0) is 17.0. The second-order valence-electron chi connectivity index (χ2n) is 4.90. The molecule has 0 spiro atoms. The third-order valence-corrected chi connectivity index (χ3v) is 3.22. The van der Waals surface area contributed by atoms with Crippen LogP contribution in [0, 0.1) is 0 Å². The van der Waals surface area contributed by atoms with Gasteiger partial charge in [0.15, 0.2) is 11.8 Å². The van der Waals surface area contributed by atoms with E-state index in [-0.39, 0.29) is 17.8 Å². The van der Waals surface area contributed by atoms with Crippen LogP contribution in [0.5, 0.6) is 0 Å². The molecule has 0 radical (unpaired) electrons. The summed E-state index contributed by atoms with van der Waals surface area (Å²) in [4.78, 5) is 36.1.